The van der Waals surface area contributed by atoms with E-state index in [0.717, 1.165) is 17.2 Å². The number of hydrogen-bond acceptors (Lipinski definition) is 4. The zero-order valence-corrected chi connectivity index (χ0v) is 17.9. The summed E-state index contributed by atoms with van der Waals surface area (Å²) in [5, 5.41) is 10.5. The van der Waals surface area contributed by atoms with E-state index in [9.17, 15) is 22.8 Å². The minimum atomic E-state index is -3.94. The van der Waals surface area contributed by atoms with Crippen molar-refractivity contribution in [3.05, 3.63) is 106 Å². The highest BCUT2D eigenvalue weighted by Gasteiger charge is 2.25. The predicted octanol–water partition coefficient (Wildman–Crippen LogP) is 4.06. The second-order valence-electron chi connectivity index (χ2n) is 7.30. The van der Waals surface area contributed by atoms with Gasteiger partial charge in [0.25, 0.3) is 0 Å². The monoisotopic (exact) mass is 441 g/mol. The molecule has 3 aromatic rings. The molecular weight excluding hydrogens is 419 g/mol. The number of benzene rings is 3. The van der Waals surface area contributed by atoms with Crippen LogP contribution >= 0.6 is 0 Å². The highest BCUT2D eigenvalue weighted by molar-refractivity contribution is 7.89. The number of hydroxylamine groups is 1. The summed E-state index contributed by atoms with van der Waals surface area (Å²) in [5.41, 5.74) is 4.22. The third-order valence-electron chi connectivity index (χ3n) is 4.91. The molecular formula is C23H22FN2O4S-. The fourth-order valence-electron chi connectivity index (χ4n) is 3.07. The maximum Gasteiger partial charge on any atom is 0.243 e. The molecule has 1 N–H and O–H groups in total. The van der Waals surface area contributed by atoms with Gasteiger partial charge in [0, 0.05) is 18.7 Å². The third kappa shape index (κ3) is 5.35. The van der Waals surface area contributed by atoms with Crippen molar-refractivity contribution in [1.29, 1.82) is 0 Å². The number of rotatable bonds is 7. The van der Waals surface area contributed by atoms with Crippen LogP contribution in [0.2, 0.25) is 0 Å². The Labute approximate surface area is 181 Å². The van der Waals surface area contributed by atoms with Gasteiger partial charge in [0.2, 0.25) is 15.9 Å². The Bertz CT molecular complexity index is 1180. The molecule has 162 valence electrons. The van der Waals surface area contributed by atoms with Gasteiger partial charge in [-0.25, -0.2) is 12.8 Å². The van der Waals surface area contributed by atoms with Crippen LogP contribution in [0.4, 0.5) is 4.39 Å². The molecule has 3 rings (SSSR count). The number of carbonyl (C=O) groups is 1. The smallest absolute Gasteiger partial charge is 0.243 e. The maximum absolute atomic E-state index is 13.7. The SMILES string of the molecule is Cc1ccc(CN(Cc2ccc(C(=O)N[O-])cc2)S(=O)(=O)c2ccc(F)c(C)c2)cc1. The molecule has 1 amide bonds. The Hall–Kier alpha value is -3.07. The van der Waals surface area contributed by atoms with Gasteiger partial charge in [-0.15, -0.1) is 0 Å². The van der Waals surface area contributed by atoms with Gasteiger partial charge in [-0.05, 0) is 60.9 Å². The van der Waals surface area contributed by atoms with Gasteiger partial charge in [0.1, 0.15) is 5.82 Å². The van der Waals surface area contributed by atoms with Gasteiger partial charge in [0.15, 0.2) is 0 Å². The summed E-state index contributed by atoms with van der Waals surface area (Å²) in [6.45, 7) is 3.60. The van der Waals surface area contributed by atoms with Crippen LogP contribution in [0.25, 0.3) is 0 Å². The molecule has 0 aliphatic heterocycles. The molecule has 0 spiro atoms. The van der Waals surface area contributed by atoms with Crippen LogP contribution in [-0.4, -0.2) is 18.6 Å². The van der Waals surface area contributed by atoms with E-state index in [1.54, 1.807) is 12.1 Å². The molecule has 0 aliphatic rings. The first kappa shape index (κ1) is 22.6. The number of amides is 1. The largest absolute Gasteiger partial charge is 0.759 e. The van der Waals surface area contributed by atoms with Crippen LogP contribution in [0.15, 0.2) is 71.6 Å². The van der Waals surface area contributed by atoms with E-state index in [0.29, 0.717) is 5.56 Å². The van der Waals surface area contributed by atoms with Gasteiger partial charge in [-0.2, -0.15) is 4.31 Å². The van der Waals surface area contributed by atoms with Crippen LogP contribution in [0.1, 0.15) is 32.6 Å². The minimum absolute atomic E-state index is 0.000800. The van der Waals surface area contributed by atoms with Gasteiger partial charge >= 0.3 is 0 Å². The maximum atomic E-state index is 13.7. The Morgan fingerprint density at radius 3 is 2.00 bits per heavy atom. The first-order valence-electron chi connectivity index (χ1n) is 9.54. The van der Waals surface area contributed by atoms with Crippen LogP contribution in [-0.2, 0) is 23.1 Å². The normalized spacial score (nSPS) is 11.5. The molecule has 0 unspecified atom stereocenters. The molecule has 0 heterocycles. The summed E-state index contributed by atoms with van der Waals surface area (Å²) in [7, 11) is -3.94. The average molecular weight is 442 g/mol. The molecule has 0 fully saturated rings. The lowest BCUT2D eigenvalue weighted by atomic mass is 10.1. The summed E-state index contributed by atoms with van der Waals surface area (Å²) >= 11 is 0. The van der Waals surface area contributed by atoms with Gasteiger partial charge in [-0.1, -0.05) is 42.0 Å². The van der Waals surface area contributed by atoms with E-state index in [-0.39, 0.29) is 29.1 Å². The molecule has 0 aliphatic carbocycles. The van der Waals surface area contributed by atoms with Crippen LogP contribution < -0.4 is 5.48 Å². The number of halogens is 1. The highest BCUT2D eigenvalue weighted by Crippen LogP contribution is 2.23. The molecule has 8 heteroatoms. The van der Waals surface area contributed by atoms with Crippen molar-refractivity contribution >= 4 is 15.9 Å². The van der Waals surface area contributed by atoms with E-state index in [1.807, 2.05) is 31.2 Å². The Kier molecular flexibility index (Phi) is 6.84. The van der Waals surface area contributed by atoms with Crippen LogP contribution in [0.5, 0.6) is 0 Å². The average Bonchev–Trinajstić information content (AvgIpc) is 2.76. The molecule has 6 nitrogen and oxygen atoms in total. The van der Waals surface area contributed by atoms with Crippen molar-refractivity contribution in [3.8, 4) is 0 Å². The van der Waals surface area contributed by atoms with Gasteiger partial charge in [0.05, 0.1) is 4.90 Å². The number of nitrogens with one attached hydrogen (secondary N) is 1. The zero-order chi connectivity index (χ0) is 22.6. The molecule has 0 saturated heterocycles. The van der Waals surface area contributed by atoms with E-state index >= 15 is 0 Å². The summed E-state index contributed by atoms with van der Waals surface area (Å²) in [4.78, 5) is 11.5. The zero-order valence-electron chi connectivity index (χ0n) is 17.1. The van der Waals surface area contributed by atoms with Crippen molar-refractivity contribution in [2.45, 2.75) is 31.8 Å². The predicted molar refractivity (Wildman–Crippen MR) is 116 cm³/mol. The van der Waals surface area contributed by atoms with Crippen molar-refractivity contribution in [2.75, 3.05) is 0 Å². The number of carbonyl (C=O) groups excluding carboxylic acids is 1. The lowest BCUT2D eigenvalue weighted by molar-refractivity contribution is 0.0970. The lowest BCUT2D eigenvalue weighted by Crippen LogP contribution is -2.30. The Morgan fingerprint density at radius 2 is 1.48 bits per heavy atom. The summed E-state index contributed by atoms with van der Waals surface area (Å²) in [6, 6.07) is 17.3. The summed E-state index contributed by atoms with van der Waals surface area (Å²) < 4.78 is 41.8. The number of nitrogens with zero attached hydrogens (tertiary/aromatic N) is 1. The minimum Gasteiger partial charge on any atom is -0.759 e. The number of sulfonamides is 1. The fourth-order valence-corrected chi connectivity index (χ4v) is 4.58. The molecule has 0 bridgehead atoms. The lowest BCUT2D eigenvalue weighted by Gasteiger charge is -2.23. The molecule has 0 radical (unpaired) electrons. The van der Waals surface area contributed by atoms with Crippen molar-refractivity contribution < 1.29 is 17.6 Å². The van der Waals surface area contributed by atoms with E-state index in [1.165, 1.54) is 41.0 Å². The van der Waals surface area contributed by atoms with Crippen LogP contribution in [0.3, 0.4) is 0 Å². The van der Waals surface area contributed by atoms with E-state index in [2.05, 4.69) is 0 Å². The second kappa shape index (κ2) is 9.38. The fraction of sp³-hybridized carbons (Fsp3) is 0.174. The molecule has 0 atom stereocenters. The highest BCUT2D eigenvalue weighted by atomic mass is 32.2. The molecule has 3 aromatic carbocycles. The van der Waals surface area contributed by atoms with Gasteiger partial charge < -0.3 is 10.7 Å². The summed E-state index contributed by atoms with van der Waals surface area (Å²) in [6.07, 6.45) is 0. The van der Waals surface area contributed by atoms with E-state index < -0.39 is 21.7 Å². The van der Waals surface area contributed by atoms with Crippen LogP contribution in [0, 0.1) is 24.9 Å². The standard InChI is InChI=1S/C23H22FN2O4S/c1-16-3-5-18(6-4-16)14-26(15-19-7-9-20(10-8-19)23(27)25-28)31(29,30)21-11-12-22(24)17(2)13-21/h3-13H,14-15H2,1-2H3,(H-,25,27,28)/q-1. The van der Waals surface area contributed by atoms with Crippen molar-refractivity contribution in [3.63, 3.8) is 0 Å². The molecule has 0 aromatic heterocycles. The molecule has 0 saturated carbocycles. The van der Waals surface area contributed by atoms with Gasteiger partial charge in [-0.3, -0.25) is 4.79 Å². The Balaban J connectivity index is 1.96. The topological polar surface area (TPSA) is 89.5 Å². The quantitative estimate of drug-likeness (QED) is 0.560. The third-order valence-corrected chi connectivity index (χ3v) is 6.70. The first-order chi connectivity index (χ1) is 14.7. The number of hydrogen-bond donors (Lipinski definition) is 1. The van der Waals surface area contributed by atoms with Crippen molar-refractivity contribution in [1.82, 2.24) is 9.79 Å². The second-order valence-corrected chi connectivity index (χ2v) is 9.24. The number of aryl methyl sites for hydroxylation is 2. The Morgan fingerprint density at radius 1 is 0.935 bits per heavy atom. The summed E-state index contributed by atoms with van der Waals surface area (Å²) in [5.74, 6) is -1.24. The van der Waals surface area contributed by atoms with Crippen molar-refractivity contribution in [2.24, 2.45) is 0 Å². The van der Waals surface area contributed by atoms with E-state index in [4.69, 9.17) is 0 Å². The molecule has 31 heavy (non-hydrogen) atoms. The first-order valence-corrected chi connectivity index (χ1v) is 11.0.